The summed E-state index contributed by atoms with van der Waals surface area (Å²) < 4.78 is 78.2. The van der Waals surface area contributed by atoms with Crippen molar-refractivity contribution in [2.75, 3.05) is 93.4 Å². The van der Waals surface area contributed by atoms with Gasteiger partial charge in [-0.05, 0) is 79.8 Å². The Bertz CT molecular complexity index is 2370. The van der Waals surface area contributed by atoms with E-state index in [4.69, 9.17) is 33.2 Å². The summed E-state index contributed by atoms with van der Waals surface area (Å²) in [5.74, 6) is -2.34. The lowest BCUT2D eigenvalue weighted by Gasteiger charge is -2.29. The Morgan fingerprint density at radius 1 is 0.819 bits per heavy atom. The van der Waals surface area contributed by atoms with E-state index in [1.807, 2.05) is 30.3 Å². The third kappa shape index (κ3) is 16.4. The summed E-state index contributed by atoms with van der Waals surface area (Å²) in [7, 11) is 3.20. The molecule has 0 radical (unpaired) electrons. The Labute approximate surface area is 417 Å². The molecule has 1 saturated heterocycles. The van der Waals surface area contributed by atoms with Crippen LogP contribution in [0.1, 0.15) is 86.4 Å². The van der Waals surface area contributed by atoms with E-state index in [-0.39, 0.29) is 67.7 Å². The number of pyridine rings is 1. The van der Waals surface area contributed by atoms with Crippen LogP contribution < -0.4 is 20.1 Å². The molecule has 1 unspecified atom stereocenters. The first-order valence-corrected chi connectivity index (χ1v) is 24.1. The van der Waals surface area contributed by atoms with Crippen LogP contribution >= 0.6 is 0 Å². The number of carbonyl (C=O) groups is 5. The van der Waals surface area contributed by atoms with Gasteiger partial charge in [-0.15, -0.1) is 0 Å². The molecular weight excluding hydrogens is 944 g/mol. The number of carbonyl (C=O) groups excluding carboxylic acids is 5. The molecule has 2 aromatic carbocycles. The predicted molar refractivity (Wildman–Crippen MR) is 257 cm³/mol. The number of allylic oxidation sites excluding steroid dienone is 2. The van der Waals surface area contributed by atoms with Gasteiger partial charge in [0.15, 0.2) is 0 Å². The molecule has 1 atom stereocenters. The molecule has 1 saturated carbocycles. The minimum Gasteiger partial charge on any atom is -0.495 e. The number of nitrogens with zero attached hydrogens (tertiary/aromatic N) is 3. The number of hydrogen-bond donors (Lipinski definition) is 2. The standard InChI is InChI=1S/C52H64F3N5O12/c1-35-7-16-45(49(63)58-35)60-50(64)42-15-14-41(32-43(42)51(60)65)72-28-27-71-26-25-70-24-23-69-22-21-68-20-19-67-18-17-59(2)47(61)30-37-5-4-6-38(29-37)33-57-48(62)44-31-39(46(66-3)34-56-44)11-8-36-9-12-40(13-10-36)52(53,54)55/h4-6,8,11,14-15,29,31-32,34,36,40,45H,1,7,9-10,12-13,16-28,30,33H2,2-3H3,(H,57,62)(H,58,63)/b11-8+/t36-,40-,45?. The van der Waals surface area contributed by atoms with Gasteiger partial charge in [0.25, 0.3) is 17.7 Å². The molecule has 2 aliphatic heterocycles. The van der Waals surface area contributed by atoms with Crippen LogP contribution in [0.2, 0.25) is 0 Å². The number of aromatic nitrogens is 1. The molecule has 1 aliphatic carbocycles. The second kappa shape index (κ2) is 27.6. The Morgan fingerprint density at radius 3 is 2.08 bits per heavy atom. The number of alkyl halides is 3. The van der Waals surface area contributed by atoms with Gasteiger partial charge >= 0.3 is 6.18 Å². The lowest BCUT2D eigenvalue weighted by Crippen LogP contribution is -2.51. The molecule has 1 aromatic heterocycles. The highest BCUT2D eigenvalue weighted by Crippen LogP contribution is 2.40. The largest absolute Gasteiger partial charge is 0.495 e. The van der Waals surface area contributed by atoms with Gasteiger partial charge in [0.2, 0.25) is 11.8 Å². The molecule has 3 heterocycles. The van der Waals surface area contributed by atoms with E-state index >= 15 is 0 Å². The van der Waals surface area contributed by atoms with Gasteiger partial charge in [-0.25, -0.2) is 4.98 Å². The Kier molecular flexibility index (Phi) is 21.1. The first-order chi connectivity index (χ1) is 34.7. The van der Waals surface area contributed by atoms with Gasteiger partial charge in [-0.2, -0.15) is 13.2 Å². The lowest BCUT2D eigenvalue weighted by atomic mass is 9.81. The molecule has 0 spiro atoms. The quantitative estimate of drug-likeness (QED) is 0.0641. The number of nitrogens with one attached hydrogen (secondary N) is 2. The monoisotopic (exact) mass is 1010 g/mol. The number of piperidine rings is 1. The molecule has 390 valence electrons. The Morgan fingerprint density at radius 2 is 1.44 bits per heavy atom. The molecule has 2 fully saturated rings. The zero-order chi connectivity index (χ0) is 51.5. The second-order valence-corrected chi connectivity index (χ2v) is 17.6. The summed E-state index contributed by atoms with van der Waals surface area (Å²) in [5.41, 5.74) is 3.36. The van der Waals surface area contributed by atoms with Gasteiger partial charge < -0.3 is 48.7 Å². The molecular formula is C52H64F3N5O12. The summed E-state index contributed by atoms with van der Waals surface area (Å²) in [6, 6.07) is 12.8. The van der Waals surface area contributed by atoms with Crippen molar-refractivity contribution in [3.63, 3.8) is 0 Å². The summed E-state index contributed by atoms with van der Waals surface area (Å²) in [5, 5.41) is 5.48. The molecule has 5 amide bonds. The number of amides is 5. The molecule has 0 bridgehead atoms. The molecule has 3 aromatic rings. The normalized spacial score (nSPS) is 18.1. The third-order valence-electron chi connectivity index (χ3n) is 12.4. The minimum absolute atomic E-state index is 0.00597. The van der Waals surface area contributed by atoms with Crippen molar-refractivity contribution in [1.29, 1.82) is 0 Å². The van der Waals surface area contributed by atoms with Crippen LogP contribution in [0, 0.1) is 11.8 Å². The topological polar surface area (TPSA) is 193 Å². The maximum absolute atomic E-state index is 13.1. The number of imide groups is 1. The van der Waals surface area contributed by atoms with E-state index in [0.29, 0.717) is 114 Å². The number of ether oxygens (including phenoxy) is 7. The van der Waals surface area contributed by atoms with Gasteiger partial charge in [0.1, 0.15) is 29.8 Å². The van der Waals surface area contributed by atoms with Crippen molar-refractivity contribution in [3.05, 3.63) is 107 Å². The van der Waals surface area contributed by atoms with E-state index < -0.39 is 41.8 Å². The zero-order valence-corrected chi connectivity index (χ0v) is 40.8. The van der Waals surface area contributed by atoms with Crippen LogP contribution in [0.15, 0.2) is 73.1 Å². The van der Waals surface area contributed by atoms with Crippen molar-refractivity contribution in [1.82, 2.24) is 25.4 Å². The highest BCUT2D eigenvalue weighted by atomic mass is 19.4. The number of halogens is 3. The summed E-state index contributed by atoms with van der Waals surface area (Å²) in [4.78, 5) is 71.3. The number of rotatable bonds is 28. The number of benzene rings is 2. The van der Waals surface area contributed by atoms with Crippen LogP contribution in [-0.4, -0.2) is 150 Å². The van der Waals surface area contributed by atoms with Crippen LogP contribution in [0.3, 0.4) is 0 Å². The number of likely N-dealkylation sites (N-methyl/N-ethyl adjacent to an activating group) is 1. The van der Waals surface area contributed by atoms with E-state index in [9.17, 15) is 37.1 Å². The second-order valence-electron chi connectivity index (χ2n) is 17.6. The SMILES string of the molecule is C=C1CCC(N2C(=O)c3ccc(OCCOCCOCCOCCOCCOCCN(C)C(=O)Cc4cccc(CNC(=O)c5cc(/C=C/[C@H]6CC[C@H](C(F)(F)F)CC6)c(OC)cn5)c4)cc3C2=O)C(=O)N1. The molecule has 2 N–H and O–H groups in total. The average Bonchev–Trinajstić information content (AvgIpc) is 3.61. The average molecular weight is 1010 g/mol. The Hall–Kier alpha value is -6.19. The minimum atomic E-state index is -4.16. The van der Waals surface area contributed by atoms with Crippen LogP contribution in [0.25, 0.3) is 6.08 Å². The number of methoxy groups -OCH3 is 1. The first kappa shape index (κ1) is 55.1. The highest BCUT2D eigenvalue weighted by Gasteiger charge is 2.44. The fraction of sp³-hybridized carbons (Fsp3) is 0.500. The van der Waals surface area contributed by atoms with Crippen LogP contribution in [0.4, 0.5) is 13.2 Å². The van der Waals surface area contributed by atoms with Crippen molar-refractivity contribution >= 4 is 35.6 Å². The number of fused-ring (bicyclic) bond motifs is 1. The molecule has 20 heteroatoms. The van der Waals surface area contributed by atoms with E-state index in [0.717, 1.165) is 16.0 Å². The molecule has 72 heavy (non-hydrogen) atoms. The van der Waals surface area contributed by atoms with Gasteiger partial charge in [-0.1, -0.05) is 43.0 Å². The smallest absolute Gasteiger partial charge is 0.391 e. The predicted octanol–water partition coefficient (Wildman–Crippen LogP) is 5.95. The zero-order valence-electron chi connectivity index (χ0n) is 40.8. The van der Waals surface area contributed by atoms with Crippen LogP contribution in [0.5, 0.6) is 11.5 Å². The van der Waals surface area contributed by atoms with Crippen molar-refractivity contribution in [2.45, 2.75) is 63.7 Å². The highest BCUT2D eigenvalue weighted by molar-refractivity contribution is 6.23. The van der Waals surface area contributed by atoms with Gasteiger partial charge in [0.05, 0.1) is 103 Å². The molecule has 3 aliphatic rings. The molecule has 6 rings (SSSR count). The lowest BCUT2D eigenvalue weighted by molar-refractivity contribution is -0.183. The third-order valence-corrected chi connectivity index (χ3v) is 12.4. The van der Waals surface area contributed by atoms with Crippen molar-refractivity contribution in [2.24, 2.45) is 11.8 Å². The van der Waals surface area contributed by atoms with Crippen molar-refractivity contribution in [3.8, 4) is 11.5 Å². The maximum atomic E-state index is 13.1. The summed E-state index contributed by atoms with van der Waals surface area (Å²) in [6.45, 7) is 8.13. The first-order valence-electron chi connectivity index (χ1n) is 24.1. The van der Waals surface area contributed by atoms with Gasteiger partial charge in [-0.3, -0.25) is 28.9 Å². The van der Waals surface area contributed by atoms with E-state index in [1.165, 1.54) is 25.4 Å². The van der Waals surface area contributed by atoms with E-state index in [1.54, 1.807) is 30.2 Å². The molecule has 17 nitrogen and oxygen atoms in total. The van der Waals surface area contributed by atoms with E-state index in [2.05, 4.69) is 22.2 Å². The number of hydrogen-bond acceptors (Lipinski definition) is 13. The fourth-order valence-electron chi connectivity index (χ4n) is 8.34. The summed E-state index contributed by atoms with van der Waals surface area (Å²) in [6.07, 6.45) is 3.02. The fourth-order valence-corrected chi connectivity index (χ4v) is 8.34. The Balaban J connectivity index is 0.743. The van der Waals surface area contributed by atoms with Gasteiger partial charge in [0, 0.05) is 31.4 Å². The van der Waals surface area contributed by atoms with Crippen LogP contribution in [-0.2, 0) is 46.2 Å². The van der Waals surface area contributed by atoms with Crippen molar-refractivity contribution < 1.29 is 70.3 Å². The summed E-state index contributed by atoms with van der Waals surface area (Å²) >= 11 is 0. The maximum Gasteiger partial charge on any atom is 0.391 e.